The lowest BCUT2D eigenvalue weighted by Gasteiger charge is -2.29. The molecule has 2 fully saturated rings. The number of hydrogen-bond donors (Lipinski definition) is 1. The van der Waals surface area contributed by atoms with E-state index in [2.05, 4.69) is 4.90 Å². The second-order valence-electron chi connectivity index (χ2n) is 5.76. The summed E-state index contributed by atoms with van der Waals surface area (Å²) in [5.74, 6) is 0. The van der Waals surface area contributed by atoms with Crippen molar-refractivity contribution in [3.8, 4) is 0 Å². The summed E-state index contributed by atoms with van der Waals surface area (Å²) in [4.78, 5) is 12.9. The second-order valence-corrected chi connectivity index (χ2v) is 5.76. The number of benzene rings is 1. The largest absolute Gasteiger partial charge is 0.378 e. The Kier molecular flexibility index (Phi) is 5.06. The van der Waals surface area contributed by atoms with E-state index in [-0.39, 0.29) is 29.4 Å². The highest BCUT2D eigenvalue weighted by Crippen LogP contribution is 2.26. The number of nitro groups is 1. The molecule has 0 saturated carbocycles. The van der Waals surface area contributed by atoms with Gasteiger partial charge in [-0.3, -0.25) is 10.1 Å². The first-order valence-electron chi connectivity index (χ1n) is 7.69. The number of non-ortho nitro benzene ring substituents is 1. The second kappa shape index (κ2) is 7.22. The van der Waals surface area contributed by atoms with Gasteiger partial charge in [0.1, 0.15) is 0 Å². The molecule has 8 heteroatoms. The van der Waals surface area contributed by atoms with E-state index in [1.54, 1.807) is 12.1 Å². The van der Waals surface area contributed by atoms with Gasteiger partial charge in [-0.05, 0) is 11.6 Å². The van der Waals surface area contributed by atoms with E-state index < -0.39 is 0 Å². The van der Waals surface area contributed by atoms with E-state index in [0.29, 0.717) is 26.4 Å². The van der Waals surface area contributed by atoms with E-state index in [9.17, 15) is 10.1 Å². The molecule has 3 rings (SSSR count). The molecule has 1 aromatic rings. The Morgan fingerprint density at radius 3 is 2.70 bits per heavy atom. The van der Waals surface area contributed by atoms with Crippen molar-refractivity contribution in [2.75, 3.05) is 44.4 Å². The van der Waals surface area contributed by atoms with Crippen molar-refractivity contribution in [1.29, 1.82) is 0 Å². The zero-order chi connectivity index (χ0) is 16.2. The van der Waals surface area contributed by atoms with Crippen molar-refractivity contribution < 1.29 is 19.1 Å². The number of nitrogens with zero attached hydrogens (tertiary/aromatic N) is 2. The number of hydrogen-bond acceptors (Lipinski definition) is 7. The Morgan fingerprint density at radius 2 is 2.04 bits per heavy atom. The molecule has 2 aliphatic rings. The van der Waals surface area contributed by atoms with Crippen molar-refractivity contribution in [3.63, 3.8) is 0 Å². The van der Waals surface area contributed by atoms with E-state index in [4.69, 9.17) is 19.9 Å². The lowest BCUT2D eigenvalue weighted by molar-refractivity contribution is -0.384. The first-order valence-corrected chi connectivity index (χ1v) is 7.69. The highest BCUT2D eigenvalue weighted by molar-refractivity contribution is 5.56. The van der Waals surface area contributed by atoms with Gasteiger partial charge in [0.15, 0.2) is 0 Å². The molecule has 2 aliphatic heterocycles. The normalized spacial score (nSPS) is 24.8. The predicted octanol–water partition coefficient (Wildman–Crippen LogP) is 0.674. The molecule has 2 heterocycles. The fraction of sp³-hybridized carbons (Fsp3) is 0.600. The molecule has 8 nitrogen and oxygen atoms in total. The molecule has 0 spiro atoms. The number of anilines is 1. The maximum Gasteiger partial charge on any atom is 0.271 e. The number of ether oxygens (including phenoxy) is 3. The number of nitro benzene ring substituents is 1. The lowest BCUT2D eigenvalue weighted by atomic mass is 10.1. The van der Waals surface area contributed by atoms with Crippen LogP contribution < -0.4 is 10.6 Å². The van der Waals surface area contributed by atoms with Crippen molar-refractivity contribution in [2.24, 2.45) is 5.73 Å². The Hall–Kier alpha value is -1.74. The first kappa shape index (κ1) is 16.1. The zero-order valence-corrected chi connectivity index (χ0v) is 12.8. The Bertz CT molecular complexity index is 562. The zero-order valence-electron chi connectivity index (χ0n) is 12.8. The Labute approximate surface area is 134 Å². The van der Waals surface area contributed by atoms with Gasteiger partial charge in [0.05, 0.1) is 50.1 Å². The third kappa shape index (κ3) is 3.97. The number of rotatable bonds is 5. The summed E-state index contributed by atoms with van der Waals surface area (Å²) in [6.45, 7) is 3.93. The third-order valence-corrected chi connectivity index (χ3v) is 4.08. The van der Waals surface area contributed by atoms with Gasteiger partial charge in [0, 0.05) is 30.9 Å². The van der Waals surface area contributed by atoms with Crippen molar-refractivity contribution in [1.82, 2.24) is 0 Å². The molecular formula is C15H21N3O5. The molecule has 2 N–H and O–H groups in total. The summed E-state index contributed by atoms with van der Waals surface area (Å²) >= 11 is 0. The molecule has 0 amide bonds. The number of nitrogens with two attached hydrogens (primary N) is 1. The van der Waals surface area contributed by atoms with Crippen LogP contribution in [0.1, 0.15) is 5.56 Å². The maximum absolute atomic E-state index is 11.2. The third-order valence-electron chi connectivity index (χ3n) is 4.08. The number of morpholine rings is 1. The summed E-state index contributed by atoms with van der Waals surface area (Å²) in [5, 5.41) is 11.2. The van der Waals surface area contributed by atoms with Crippen molar-refractivity contribution in [3.05, 3.63) is 33.9 Å². The minimum atomic E-state index is -0.377. The van der Waals surface area contributed by atoms with Crippen molar-refractivity contribution >= 4 is 11.4 Å². The van der Waals surface area contributed by atoms with Crippen LogP contribution >= 0.6 is 0 Å². The SMILES string of the molecule is N[C@@H]1COC[C@H]1OCc1cc(N2CCOCC2)cc([N+](=O)[O-])c1. The fourth-order valence-electron chi connectivity index (χ4n) is 2.78. The van der Waals surface area contributed by atoms with Crippen LogP contribution in [0, 0.1) is 10.1 Å². The molecule has 0 bridgehead atoms. The summed E-state index contributed by atoms with van der Waals surface area (Å²) < 4.78 is 16.3. The van der Waals surface area contributed by atoms with Gasteiger partial charge in [-0.2, -0.15) is 0 Å². The highest BCUT2D eigenvalue weighted by atomic mass is 16.6. The first-order chi connectivity index (χ1) is 11.1. The lowest BCUT2D eigenvalue weighted by Crippen LogP contribution is -2.36. The van der Waals surface area contributed by atoms with Crippen LogP contribution in [0.15, 0.2) is 18.2 Å². The molecule has 1 aromatic carbocycles. The molecule has 126 valence electrons. The van der Waals surface area contributed by atoms with Crippen LogP contribution in [0.3, 0.4) is 0 Å². The quantitative estimate of drug-likeness (QED) is 0.628. The van der Waals surface area contributed by atoms with Gasteiger partial charge in [0.25, 0.3) is 5.69 Å². The maximum atomic E-state index is 11.2. The fourth-order valence-corrected chi connectivity index (χ4v) is 2.78. The van der Waals surface area contributed by atoms with E-state index >= 15 is 0 Å². The van der Waals surface area contributed by atoms with Crippen LogP contribution in [-0.2, 0) is 20.8 Å². The Balaban J connectivity index is 1.75. The van der Waals surface area contributed by atoms with Crippen LogP contribution in [0.2, 0.25) is 0 Å². The minimum Gasteiger partial charge on any atom is -0.378 e. The molecular weight excluding hydrogens is 302 g/mol. The standard InChI is InChI=1S/C15H21N3O5/c16-14-9-22-10-15(14)23-8-11-5-12(7-13(6-11)18(19)20)17-1-3-21-4-2-17/h5-7,14-15H,1-4,8-10,16H2/t14-,15-/m1/s1. The highest BCUT2D eigenvalue weighted by Gasteiger charge is 2.26. The summed E-state index contributed by atoms with van der Waals surface area (Å²) in [5.41, 5.74) is 7.55. The molecule has 0 aromatic heterocycles. The van der Waals surface area contributed by atoms with Gasteiger partial charge in [-0.15, -0.1) is 0 Å². The molecule has 2 saturated heterocycles. The minimum absolute atomic E-state index is 0.0690. The van der Waals surface area contributed by atoms with E-state index in [0.717, 1.165) is 24.3 Å². The van der Waals surface area contributed by atoms with E-state index in [1.807, 2.05) is 6.07 Å². The molecule has 0 unspecified atom stereocenters. The van der Waals surface area contributed by atoms with Crippen LogP contribution in [0.4, 0.5) is 11.4 Å². The predicted molar refractivity (Wildman–Crippen MR) is 83.5 cm³/mol. The Morgan fingerprint density at radius 1 is 1.26 bits per heavy atom. The van der Waals surface area contributed by atoms with Crippen molar-refractivity contribution in [2.45, 2.75) is 18.8 Å². The summed E-state index contributed by atoms with van der Waals surface area (Å²) in [6, 6.07) is 4.93. The molecule has 2 atom stereocenters. The summed E-state index contributed by atoms with van der Waals surface area (Å²) in [7, 11) is 0. The summed E-state index contributed by atoms with van der Waals surface area (Å²) in [6.07, 6.45) is -0.166. The van der Waals surface area contributed by atoms with E-state index in [1.165, 1.54) is 0 Å². The topological polar surface area (TPSA) is 100 Å². The smallest absolute Gasteiger partial charge is 0.271 e. The van der Waals surface area contributed by atoms with Crippen LogP contribution in [0.5, 0.6) is 0 Å². The molecule has 0 radical (unpaired) electrons. The van der Waals surface area contributed by atoms with Gasteiger partial charge in [-0.25, -0.2) is 0 Å². The van der Waals surface area contributed by atoms with Gasteiger partial charge in [-0.1, -0.05) is 0 Å². The van der Waals surface area contributed by atoms with Crippen LogP contribution in [-0.4, -0.2) is 56.6 Å². The monoisotopic (exact) mass is 323 g/mol. The van der Waals surface area contributed by atoms with Gasteiger partial charge >= 0.3 is 0 Å². The van der Waals surface area contributed by atoms with Gasteiger partial charge < -0.3 is 24.8 Å². The molecule has 0 aliphatic carbocycles. The molecule has 23 heavy (non-hydrogen) atoms. The average Bonchev–Trinajstić information content (AvgIpc) is 2.98. The average molecular weight is 323 g/mol. The van der Waals surface area contributed by atoms with Crippen LogP contribution in [0.25, 0.3) is 0 Å². The van der Waals surface area contributed by atoms with Gasteiger partial charge in [0.2, 0.25) is 0 Å².